The second kappa shape index (κ2) is 5.79. The van der Waals surface area contributed by atoms with Crippen LogP contribution in [0.5, 0.6) is 0 Å². The van der Waals surface area contributed by atoms with Gasteiger partial charge in [0.15, 0.2) is 0 Å². The lowest BCUT2D eigenvalue weighted by Crippen LogP contribution is -2.39. The van der Waals surface area contributed by atoms with Crippen molar-refractivity contribution >= 4 is 11.6 Å². The van der Waals surface area contributed by atoms with Gasteiger partial charge in [0.2, 0.25) is 0 Å². The van der Waals surface area contributed by atoms with E-state index in [1.807, 2.05) is 0 Å². The van der Waals surface area contributed by atoms with E-state index in [1.54, 1.807) is 0 Å². The van der Waals surface area contributed by atoms with Crippen LogP contribution in [0.1, 0.15) is 29.6 Å². The van der Waals surface area contributed by atoms with E-state index in [1.165, 1.54) is 24.3 Å². The standard InChI is InChI=1S/C13H17N3O3/c14-8-10-2-1-3-12(10)15-13(17)9-4-6-11(7-5-9)16(18)19/h4-7,10,12H,1-3,8,14H2,(H,15,17). The highest BCUT2D eigenvalue weighted by Crippen LogP contribution is 2.25. The van der Waals surface area contributed by atoms with Crippen LogP contribution in [0.2, 0.25) is 0 Å². The Bertz CT molecular complexity index is 473. The second-order valence-corrected chi connectivity index (χ2v) is 4.81. The monoisotopic (exact) mass is 263 g/mol. The third kappa shape index (κ3) is 3.08. The third-order valence-electron chi connectivity index (χ3n) is 3.62. The van der Waals surface area contributed by atoms with Gasteiger partial charge in [-0.3, -0.25) is 14.9 Å². The zero-order valence-electron chi connectivity index (χ0n) is 10.5. The number of nitrogens with zero attached hydrogens (tertiary/aromatic N) is 1. The van der Waals surface area contributed by atoms with Gasteiger partial charge in [0.05, 0.1) is 4.92 Å². The molecule has 0 heterocycles. The van der Waals surface area contributed by atoms with Gasteiger partial charge in [-0.1, -0.05) is 6.42 Å². The summed E-state index contributed by atoms with van der Waals surface area (Å²) in [7, 11) is 0. The topological polar surface area (TPSA) is 98.3 Å². The van der Waals surface area contributed by atoms with E-state index < -0.39 is 4.92 Å². The van der Waals surface area contributed by atoms with E-state index in [0.717, 1.165) is 19.3 Å². The summed E-state index contributed by atoms with van der Waals surface area (Å²) in [6.07, 6.45) is 3.06. The molecule has 102 valence electrons. The number of amides is 1. The minimum Gasteiger partial charge on any atom is -0.349 e. The largest absolute Gasteiger partial charge is 0.349 e. The summed E-state index contributed by atoms with van der Waals surface area (Å²) in [5.74, 6) is 0.141. The Morgan fingerprint density at radius 2 is 2.05 bits per heavy atom. The van der Waals surface area contributed by atoms with Gasteiger partial charge in [-0.05, 0) is 37.4 Å². The van der Waals surface area contributed by atoms with Gasteiger partial charge in [0, 0.05) is 23.7 Å². The first-order valence-corrected chi connectivity index (χ1v) is 6.37. The molecule has 0 saturated heterocycles. The van der Waals surface area contributed by atoms with Gasteiger partial charge in [-0.15, -0.1) is 0 Å². The zero-order chi connectivity index (χ0) is 13.8. The molecule has 6 heteroatoms. The summed E-state index contributed by atoms with van der Waals surface area (Å²) in [6.45, 7) is 0.575. The SMILES string of the molecule is NCC1CCCC1NC(=O)c1ccc([N+](=O)[O-])cc1. The maximum absolute atomic E-state index is 12.0. The van der Waals surface area contributed by atoms with Crippen LogP contribution in [0, 0.1) is 16.0 Å². The van der Waals surface area contributed by atoms with Gasteiger partial charge in [0.25, 0.3) is 11.6 Å². The smallest absolute Gasteiger partial charge is 0.269 e. The number of nitrogens with two attached hydrogens (primary N) is 1. The summed E-state index contributed by atoms with van der Waals surface area (Å²) in [6, 6.07) is 5.74. The highest BCUT2D eigenvalue weighted by molar-refractivity contribution is 5.94. The summed E-state index contributed by atoms with van der Waals surface area (Å²) < 4.78 is 0. The van der Waals surface area contributed by atoms with Crippen LogP contribution in [-0.4, -0.2) is 23.4 Å². The normalized spacial score (nSPS) is 22.2. The van der Waals surface area contributed by atoms with E-state index in [0.29, 0.717) is 18.0 Å². The number of nitro groups is 1. The molecule has 1 aliphatic carbocycles. The number of hydrogen-bond donors (Lipinski definition) is 2. The number of hydrogen-bond acceptors (Lipinski definition) is 4. The highest BCUT2D eigenvalue weighted by atomic mass is 16.6. The van der Waals surface area contributed by atoms with Crippen molar-refractivity contribution in [2.45, 2.75) is 25.3 Å². The summed E-state index contributed by atoms with van der Waals surface area (Å²) in [5, 5.41) is 13.5. The minimum absolute atomic E-state index is 0.0164. The zero-order valence-corrected chi connectivity index (χ0v) is 10.5. The number of carbonyl (C=O) groups excluding carboxylic acids is 1. The van der Waals surface area contributed by atoms with Crippen LogP contribution in [0.4, 0.5) is 5.69 Å². The molecule has 1 saturated carbocycles. The molecule has 0 bridgehead atoms. The molecule has 0 aromatic heterocycles. The lowest BCUT2D eigenvalue weighted by molar-refractivity contribution is -0.384. The van der Waals surface area contributed by atoms with Crippen molar-refractivity contribution < 1.29 is 9.72 Å². The van der Waals surface area contributed by atoms with Crippen molar-refractivity contribution in [3.05, 3.63) is 39.9 Å². The Morgan fingerprint density at radius 3 is 2.63 bits per heavy atom. The highest BCUT2D eigenvalue weighted by Gasteiger charge is 2.27. The van der Waals surface area contributed by atoms with Gasteiger partial charge < -0.3 is 11.1 Å². The first-order valence-electron chi connectivity index (χ1n) is 6.37. The maximum Gasteiger partial charge on any atom is 0.269 e. The molecule has 19 heavy (non-hydrogen) atoms. The summed E-state index contributed by atoms with van der Waals surface area (Å²) >= 11 is 0. The van der Waals surface area contributed by atoms with E-state index in [-0.39, 0.29) is 17.6 Å². The number of non-ortho nitro benzene ring substituents is 1. The average Bonchev–Trinajstić information content (AvgIpc) is 2.86. The molecule has 1 aliphatic rings. The summed E-state index contributed by atoms with van der Waals surface area (Å²) in [5.41, 5.74) is 6.09. The third-order valence-corrected chi connectivity index (χ3v) is 3.62. The molecule has 1 fully saturated rings. The van der Waals surface area contributed by atoms with E-state index in [2.05, 4.69) is 5.32 Å². The van der Waals surface area contributed by atoms with E-state index in [4.69, 9.17) is 5.73 Å². The van der Waals surface area contributed by atoms with Crippen molar-refractivity contribution in [2.24, 2.45) is 11.7 Å². The minimum atomic E-state index is -0.483. The molecule has 1 aromatic carbocycles. The lowest BCUT2D eigenvalue weighted by Gasteiger charge is -2.19. The molecule has 2 unspecified atom stereocenters. The molecule has 3 N–H and O–H groups in total. The van der Waals surface area contributed by atoms with Gasteiger partial charge >= 0.3 is 0 Å². The predicted octanol–water partition coefficient (Wildman–Crippen LogP) is 1.45. The quantitative estimate of drug-likeness (QED) is 0.634. The molecule has 1 aromatic rings. The number of nitrogens with one attached hydrogen (secondary N) is 1. The Hall–Kier alpha value is -1.95. The van der Waals surface area contributed by atoms with Gasteiger partial charge in [-0.25, -0.2) is 0 Å². The van der Waals surface area contributed by atoms with Crippen LogP contribution < -0.4 is 11.1 Å². The molecule has 1 amide bonds. The average molecular weight is 263 g/mol. The van der Waals surface area contributed by atoms with Crippen LogP contribution in [0.25, 0.3) is 0 Å². The van der Waals surface area contributed by atoms with Crippen molar-refractivity contribution in [3.8, 4) is 0 Å². The fourth-order valence-electron chi connectivity index (χ4n) is 2.50. The van der Waals surface area contributed by atoms with E-state index >= 15 is 0 Å². The first-order chi connectivity index (χ1) is 9.11. The fourth-order valence-corrected chi connectivity index (χ4v) is 2.50. The fraction of sp³-hybridized carbons (Fsp3) is 0.462. The molecular formula is C13H17N3O3. The number of nitro benzene ring substituents is 1. The van der Waals surface area contributed by atoms with Gasteiger partial charge in [-0.2, -0.15) is 0 Å². The van der Waals surface area contributed by atoms with Crippen LogP contribution >= 0.6 is 0 Å². The van der Waals surface area contributed by atoms with Gasteiger partial charge in [0.1, 0.15) is 0 Å². The lowest BCUT2D eigenvalue weighted by atomic mass is 10.0. The first kappa shape index (κ1) is 13.5. The van der Waals surface area contributed by atoms with Crippen LogP contribution in [-0.2, 0) is 0 Å². The van der Waals surface area contributed by atoms with Crippen molar-refractivity contribution in [1.29, 1.82) is 0 Å². The van der Waals surface area contributed by atoms with Crippen molar-refractivity contribution in [2.75, 3.05) is 6.54 Å². The van der Waals surface area contributed by atoms with Crippen LogP contribution in [0.3, 0.4) is 0 Å². The molecule has 2 rings (SSSR count). The van der Waals surface area contributed by atoms with Crippen molar-refractivity contribution in [3.63, 3.8) is 0 Å². The molecule has 2 atom stereocenters. The number of carbonyl (C=O) groups is 1. The van der Waals surface area contributed by atoms with Crippen LogP contribution in [0.15, 0.2) is 24.3 Å². The number of benzene rings is 1. The number of rotatable bonds is 4. The van der Waals surface area contributed by atoms with E-state index in [9.17, 15) is 14.9 Å². The Kier molecular flexibility index (Phi) is 4.11. The molecule has 0 aliphatic heterocycles. The predicted molar refractivity (Wildman–Crippen MR) is 70.7 cm³/mol. The maximum atomic E-state index is 12.0. The Balaban J connectivity index is 2.01. The Morgan fingerprint density at radius 1 is 1.37 bits per heavy atom. The summed E-state index contributed by atoms with van der Waals surface area (Å²) in [4.78, 5) is 22.1. The van der Waals surface area contributed by atoms with Crippen molar-refractivity contribution in [1.82, 2.24) is 5.32 Å². The molecule has 6 nitrogen and oxygen atoms in total. The Labute approximate surface area is 111 Å². The molecular weight excluding hydrogens is 246 g/mol. The second-order valence-electron chi connectivity index (χ2n) is 4.81. The molecule has 0 spiro atoms. The molecule has 0 radical (unpaired) electrons.